The molecule has 0 fully saturated rings. The molecular formula is C16H18Cl2N2O. The average Bonchev–Trinajstić information content (AvgIpc) is 2.39. The molecule has 0 aliphatic rings. The van der Waals surface area contributed by atoms with Gasteiger partial charge in [0, 0.05) is 23.2 Å². The third-order valence-corrected chi connectivity index (χ3v) is 3.22. The number of benzene rings is 1. The Labute approximate surface area is 135 Å². The van der Waals surface area contributed by atoms with E-state index in [1.165, 1.54) is 0 Å². The van der Waals surface area contributed by atoms with E-state index in [0.717, 1.165) is 5.69 Å². The van der Waals surface area contributed by atoms with Crippen LogP contribution < -0.4 is 10.1 Å². The maximum atomic E-state index is 6.09. The first kappa shape index (κ1) is 16.1. The minimum absolute atomic E-state index is 0.0397. The van der Waals surface area contributed by atoms with Crippen molar-refractivity contribution in [3.8, 4) is 11.6 Å². The average molecular weight is 325 g/mol. The highest BCUT2D eigenvalue weighted by Crippen LogP contribution is 2.30. The fourth-order valence-corrected chi connectivity index (χ4v) is 2.09. The molecule has 2 aromatic rings. The van der Waals surface area contributed by atoms with Crippen LogP contribution in [0.2, 0.25) is 10.0 Å². The van der Waals surface area contributed by atoms with Crippen LogP contribution in [0.1, 0.15) is 26.5 Å². The van der Waals surface area contributed by atoms with Crippen LogP contribution in [0.15, 0.2) is 36.4 Å². The molecule has 0 unspecified atom stereocenters. The van der Waals surface area contributed by atoms with Gasteiger partial charge in [-0.3, -0.25) is 0 Å². The third kappa shape index (κ3) is 5.20. The van der Waals surface area contributed by atoms with Crippen molar-refractivity contribution in [2.24, 2.45) is 0 Å². The molecule has 0 atom stereocenters. The fourth-order valence-electron chi connectivity index (χ4n) is 1.64. The molecule has 5 heteroatoms. The molecule has 112 valence electrons. The Kier molecular flexibility index (Phi) is 5.09. The normalized spacial score (nSPS) is 11.5. The molecule has 0 amide bonds. The van der Waals surface area contributed by atoms with Crippen molar-refractivity contribution < 1.29 is 4.74 Å². The molecule has 1 aromatic heterocycles. The highest BCUT2D eigenvalue weighted by Gasteiger charge is 2.10. The smallest absolute Gasteiger partial charge is 0.219 e. The lowest BCUT2D eigenvalue weighted by molar-refractivity contribution is 0.416. The van der Waals surface area contributed by atoms with Crippen LogP contribution in [0.4, 0.5) is 0 Å². The summed E-state index contributed by atoms with van der Waals surface area (Å²) >= 11 is 12.0. The van der Waals surface area contributed by atoms with Crippen molar-refractivity contribution in [2.45, 2.75) is 32.9 Å². The van der Waals surface area contributed by atoms with Gasteiger partial charge in [0.05, 0.1) is 10.7 Å². The van der Waals surface area contributed by atoms with Crippen molar-refractivity contribution >= 4 is 23.2 Å². The first-order chi connectivity index (χ1) is 9.83. The second-order valence-electron chi connectivity index (χ2n) is 5.75. The largest absolute Gasteiger partial charge is 0.437 e. The molecule has 2 rings (SSSR count). The Hall–Kier alpha value is -1.29. The van der Waals surface area contributed by atoms with Crippen LogP contribution in [-0.4, -0.2) is 10.5 Å². The van der Waals surface area contributed by atoms with Gasteiger partial charge in [-0.1, -0.05) is 29.3 Å². The molecule has 21 heavy (non-hydrogen) atoms. The number of ether oxygens (including phenoxy) is 1. The molecular weight excluding hydrogens is 307 g/mol. The van der Waals surface area contributed by atoms with E-state index in [4.69, 9.17) is 27.9 Å². The minimum atomic E-state index is 0.0397. The van der Waals surface area contributed by atoms with Crippen molar-refractivity contribution in [1.29, 1.82) is 0 Å². The first-order valence-corrected chi connectivity index (χ1v) is 7.43. The molecule has 0 aliphatic carbocycles. The summed E-state index contributed by atoms with van der Waals surface area (Å²) in [4.78, 5) is 4.46. The highest BCUT2D eigenvalue weighted by atomic mass is 35.5. The summed E-state index contributed by atoms with van der Waals surface area (Å²) in [6, 6.07) is 10.8. The SMILES string of the molecule is CC(C)(C)NCc1cccc(Oc2ccc(Cl)cc2Cl)n1. The number of pyridine rings is 1. The third-order valence-electron chi connectivity index (χ3n) is 2.69. The quantitative estimate of drug-likeness (QED) is 0.852. The van der Waals surface area contributed by atoms with Gasteiger partial charge in [-0.05, 0) is 45.0 Å². The predicted octanol–water partition coefficient (Wildman–Crippen LogP) is 5.07. The van der Waals surface area contributed by atoms with Crippen LogP contribution in [-0.2, 0) is 6.54 Å². The lowest BCUT2D eigenvalue weighted by Crippen LogP contribution is -2.35. The molecule has 1 heterocycles. The van der Waals surface area contributed by atoms with Crippen LogP contribution in [0.25, 0.3) is 0 Å². The molecule has 0 saturated carbocycles. The van der Waals surface area contributed by atoms with Gasteiger partial charge in [0.15, 0.2) is 0 Å². The number of hydrogen-bond donors (Lipinski definition) is 1. The van der Waals surface area contributed by atoms with Gasteiger partial charge in [-0.2, -0.15) is 0 Å². The van der Waals surface area contributed by atoms with E-state index in [2.05, 4.69) is 31.1 Å². The molecule has 0 radical (unpaired) electrons. The van der Waals surface area contributed by atoms with Crippen LogP contribution >= 0.6 is 23.2 Å². The number of nitrogens with one attached hydrogen (secondary N) is 1. The van der Waals surface area contributed by atoms with Gasteiger partial charge in [0.2, 0.25) is 5.88 Å². The Morgan fingerprint density at radius 2 is 1.90 bits per heavy atom. The Bertz CT molecular complexity index is 624. The summed E-state index contributed by atoms with van der Waals surface area (Å²) in [5, 5.41) is 4.42. The standard InChI is InChI=1S/C16H18Cl2N2O/c1-16(2,3)19-10-12-5-4-6-15(20-12)21-14-8-7-11(17)9-13(14)18/h4-9,19H,10H2,1-3H3. The monoisotopic (exact) mass is 324 g/mol. The van der Waals surface area contributed by atoms with E-state index in [1.807, 2.05) is 12.1 Å². The van der Waals surface area contributed by atoms with E-state index in [9.17, 15) is 0 Å². The Morgan fingerprint density at radius 3 is 2.57 bits per heavy atom. The molecule has 0 aliphatic heterocycles. The van der Waals surface area contributed by atoms with E-state index < -0.39 is 0 Å². The lowest BCUT2D eigenvalue weighted by Gasteiger charge is -2.20. The van der Waals surface area contributed by atoms with Crippen molar-refractivity contribution in [1.82, 2.24) is 10.3 Å². The van der Waals surface area contributed by atoms with E-state index in [-0.39, 0.29) is 5.54 Å². The Morgan fingerprint density at radius 1 is 1.14 bits per heavy atom. The molecule has 0 spiro atoms. The number of aromatic nitrogens is 1. The van der Waals surface area contributed by atoms with Gasteiger partial charge < -0.3 is 10.1 Å². The fraction of sp³-hybridized carbons (Fsp3) is 0.312. The van der Waals surface area contributed by atoms with Gasteiger partial charge in [0.1, 0.15) is 5.75 Å². The summed E-state index contributed by atoms with van der Waals surface area (Å²) in [6.45, 7) is 7.01. The van der Waals surface area contributed by atoms with Crippen molar-refractivity contribution in [3.05, 3.63) is 52.1 Å². The number of nitrogens with zero attached hydrogens (tertiary/aromatic N) is 1. The maximum Gasteiger partial charge on any atom is 0.219 e. The Balaban J connectivity index is 2.10. The van der Waals surface area contributed by atoms with Crippen molar-refractivity contribution in [2.75, 3.05) is 0 Å². The number of rotatable bonds is 4. The van der Waals surface area contributed by atoms with Crippen LogP contribution in [0, 0.1) is 0 Å². The zero-order chi connectivity index (χ0) is 15.5. The summed E-state index contributed by atoms with van der Waals surface area (Å²) in [7, 11) is 0. The minimum Gasteiger partial charge on any atom is -0.437 e. The van der Waals surface area contributed by atoms with E-state index in [0.29, 0.717) is 28.2 Å². The summed E-state index contributed by atoms with van der Waals surface area (Å²) in [5.74, 6) is 1.04. The van der Waals surface area contributed by atoms with Gasteiger partial charge in [0.25, 0.3) is 0 Å². The van der Waals surface area contributed by atoms with E-state index >= 15 is 0 Å². The van der Waals surface area contributed by atoms with Gasteiger partial charge >= 0.3 is 0 Å². The zero-order valence-corrected chi connectivity index (χ0v) is 13.8. The lowest BCUT2D eigenvalue weighted by atomic mass is 10.1. The summed E-state index contributed by atoms with van der Waals surface area (Å²) < 4.78 is 5.71. The summed E-state index contributed by atoms with van der Waals surface area (Å²) in [5.41, 5.74) is 0.949. The van der Waals surface area contributed by atoms with Crippen LogP contribution in [0.5, 0.6) is 11.6 Å². The topological polar surface area (TPSA) is 34.1 Å². The second kappa shape index (κ2) is 6.65. The predicted molar refractivity (Wildman–Crippen MR) is 87.4 cm³/mol. The number of hydrogen-bond acceptors (Lipinski definition) is 3. The molecule has 1 aromatic carbocycles. The van der Waals surface area contributed by atoms with Crippen LogP contribution in [0.3, 0.4) is 0 Å². The van der Waals surface area contributed by atoms with Gasteiger partial charge in [-0.15, -0.1) is 0 Å². The molecule has 0 bridgehead atoms. The van der Waals surface area contributed by atoms with Crippen molar-refractivity contribution in [3.63, 3.8) is 0 Å². The second-order valence-corrected chi connectivity index (χ2v) is 6.59. The highest BCUT2D eigenvalue weighted by molar-refractivity contribution is 6.35. The van der Waals surface area contributed by atoms with Gasteiger partial charge in [-0.25, -0.2) is 4.98 Å². The molecule has 3 nitrogen and oxygen atoms in total. The van der Waals surface area contributed by atoms with E-state index in [1.54, 1.807) is 24.3 Å². The first-order valence-electron chi connectivity index (χ1n) is 6.67. The maximum absolute atomic E-state index is 6.09. The summed E-state index contributed by atoms with van der Waals surface area (Å²) in [6.07, 6.45) is 0. The molecule has 0 saturated heterocycles. The number of halogens is 2. The zero-order valence-electron chi connectivity index (χ0n) is 12.3. The molecule has 1 N–H and O–H groups in total.